The van der Waals surface area contributed by atoms with Gasteiger partial charge in [-0.15, -0.1) is 16.4 Å². The van der Waals surface area contributed by atoms with E-state index in [1.54, 1.807) is 46.6 Å². The summed E-state index contributed by atoms with van der Waals surface area (Å²) in [6, 6.07) is 10.3. The zero-order valence-corrected chi connectivity index (χ0v) is 23.3. The highest BCUT2D eigenvalue weighted by Gasteiger charge is 2.26. The Morgan fingerprint density at radius 3 is 2.83 bits per heavy atom. The Morgan fingerprint density at radius 2 is 2.05 bits per heavy atom. The van der Waals surface area contributed by atoms with Gasteiger partial charge in [0.25, 0.3) is 0 Å². The molecule has 41 heavy (non-hydrogen) atoms. The molecule has 1 N–H and O–H groups in total. The zero-order chi connectivity index (χ0) is 28.3. The Balaban J connectivity index is 1.16. The number of nitrogens with one attached hydrogen (secondary N) is 1. The van der Waals surface area contributed by atoms with Crippen LogP contribution in [0.2, 0.25) is 0 Å². The second-order valence-corrected chi connectivity index (χ2v) is 10.8. The molecule has 0 saturated carbocycles. The topological polar surface area (TPSA) is 98.1 Å². The highest BCUT2D eigenvalue weighted by atomic mass is 32.1. The highest BCUT2D eigenvalue weighted by Crippen LogP contribution is 2.39. The quantitative estimate of drug-likeness (QED) is 0.222. The first-order valence-corrected chi connectivity index (χ1v) is 14.2. The number of aromatic nitrogens is 5. The Morgan fingerprint density at radius 1 is 1.20 bits per heavy atom. The normalized spacial score (nSPS) is 13.9. The fourth-order valence-corrected chi connectivity index (χ4v) is 6.07. The molecule has 208 valence electrons. The number of rotatable bonds is 8. The molecule has 11 heteroatoms. The molecule has 0 spiro atoms. The van der Waals surface area contributed by atoms with Crippen molar-refractivity contribution in [1.82, 2.24) is 29.6 Å². The van der Waals surface area contributed by atoms with Crippen LogP contribution in [0.5, 0.6) is 11.6 Å². The number of ether oxygens (including phenoxy) is 1. The summed E-state index contributed by atoms with van der Waals surface area (Å²) in [5.74, 6) is 0.972. The molecule has 1 aliphatic rings. The monoisotopic (exact) mass is 569 g/mol. The van der Waals surface area contributed by atoms with Crippen molar-refractivity contribution in [1.29, 1.82) is 0 Å². The molecule has 0 aliphatic carbocycles. The predicted molar refractivity (Wildman–Crippen MR) is 156 cm³/mol. The third-order valence-corrected chi connectivity index (χ3v) is 8.05. The number of thiophene rings is 1. The Labute approximate surface area is 240 Å². The van der Waals surface area contributed by atoms with Crippen LogP contribution in [0.4, 0.5) is 15.9 Å². The first-order valence-electron chi connectivity index (χ1n) is 13.3. The molecule has 1 aliphatic heterocycles. The van der Waals surface area contributed by atoms with Gasteiger partial charge in [0, 0.05) is 37.6 Å². The predicted octanol–water partition coefficient (Wildman–Crippen LogP) is 6.21. The molecule has 9 nitrogen and oxygen atoms in total. The van der Waals surface area contributed by atoms with Crippen LogP contribution >= 0.6 is 11.3 Å². The Hall–Kier alpha value is -4.64. The minimum Gasteiger partial charge on any atom is -0.437 e. The molecular weight excluding hydrogens is 541 g/mol. The van der Waals surface area contributed by atoms with E-state index in [9.17, 15) is 4.79 Å². The van der Waals surface area contributed by atoms with Gasteiger partial charge in [-0.05, 0) is 72.5 Å². The first kappa shape index (κ1) is 26.6. The van der Waals surface area contributed by atoms with Crippen molar-refractivity contribution in [2.75, 3.05) is 18.4 Å². The van der Waals surface area contributed by atoms with Crippen molar-refractivity contribution in [3.8, 4) is 11.6 Å². The summed E-state index contributed by atoms with van der Waals surface area (Å²) in [5, 5.41) is 10.6. The number of carbonyl (C=O) groups excluding carboxylic acids is 1. The van der Waals surface area contributed by atoms with Crippen molar-refractivity contribution < 1.29 is 13.9 Å². The number of hydrogen-bond donors (Lipinski definition) is 1. The lowest BCUT2D eigenvalue weighted by Crippen LogP contribution is -2.36. The summed E-state index contributed by atoms with van der Waals surface area (Å²) < 4.78 is 22.8. The lowest BCUT2D eigenvalue weighted by Gasteiger charge is -2.31. The van der Waals surface area contributed by atoms with Crippen LogP contribution in [0.3, 0.4) is 0 Å². The number of likely N-dealkylation sites (tertiary alicyclic amines) is 1. The summed E-state index contributed by atoms with van der Waals surface area (Å²) in [6.07, 6.45) is 8.07. The van der Waals surface area contributed by atoms with Crippen molar-refractivity contribution >= 4 is 39.0 Å². The van der Waals surface area contributed by atoms with Crippen LogP contribution in [0, 0.1) is 12.7 Å². The van der Waals surface area contributed by atoms with Gasteiger partial charge in [-0.25, -0.2) is 14.4 Å². The molecule has 1 aromatic carbocycles. The van der Waals surface area contributed by atoms with Gasteiger partial charge >= 0.3 is 0 Å². The van der Waals surface area contributed by atoms with Gasteiger partial charge in [0.15, 0.2) is 0 Å². The summed E-state index contributed by atoms with van der Waals surface area (Å²) >= 11 is 1.54. The maximum atomic E-state index is 15.2. The van der Waals surface area contributed by atoms with Gasteiger partial charge in [-0.1, -0.05) is 6.58 Å². The molecule has 1 amide bonds. The average Bonchev–Trinajstić information content (AvgIpc) is 3.61. The number of piperidine rings is 1. The maximum Gasteiger partial charge on any atom is 0.245 e. The smallest absolute Gasteiger partial charge is 0.245 e. The van der Waals surface area contributed by atoms with Crippen LogP contribution < -0.4 is 10.1 Å². The Kier molecular flexibility index (Phi) is 7.43. The SMILES string of the molecule is C=CC(=O)N1CCC(c2csc3ncnc(Nc4ccc(Oc5ccn(Cc6cc(C)ccn6)n5)cc4F)c23)CC1. The summed E-state index contributed by atoms with van der Waals surface area (Å²) in [6.45, 7) is 7.44. The number of halogens is 1. The van der Waals surface area contributed by atoms with Gasteiger partial charge in [0.2, 0.25) is 11.8 Å². The van der Waals surface area contributed by atoms with Crippen molar-refractivity contribution in [2.45, 2.75) is 32.2 Å². The molecule has 0 atom stereocenters. The fourth-order valence-electron chi connectivity index (χ4n) is 5.08. The second-order valence-electron chi connectivity index (χ2n) is 9.94. The molecule has 6 rings (SSSR count). The van der Waals surface area contributed by atoms with Gasteiger partial charge in [-0.3, -0.25) is 14.5 Å². The average molecular weight is 570 g/mol. The number of hydrogen-bond acceptors (Lipinski definition) is 8. The second kappa shape index (κ2) is 11.5. The van der Waals surface area contributed by atoms with E-state index >= 15 is 4.39 Å². The third-order valence-electron chi connectivity index (χ3n) is 7.15. The Bertz CT molecular complexity index is 1730. The number of carbonyl (C=O) groups is 1. The number of amides is 1. The van der Waals surface area contributed by atoms with Crippen LogP contribution in [0.25, 0.3) is 10.2 Å². The number of pyridine rings is 1. The number of aryl methyl sites for hydroxylation is 1. The molecule has 1 saturated heterocycles. The van der Waals surface area contributed by atoms with Crippen LogP contribution in [0.1, 0.15) is 35.6 Å². The standard InChI is InChI=1S/C30H28FN7O2S/c1-3-27(39)37-11-7-20(8-12-37)23-17-41-30-28(23)29(33-18-34-30)35-25-5-4-22(15-24(25)31)40-26-9-13-38(36-26)16-21-14-19(2)6-10-32-21/h3-6,9-10,13-15,17-18,20H,1,7-8,11-12,16H2,2H3,(H,33,34,35). The van der Waals surface area contributed by atoms with E-state index in [2.05, 4.69) is 37.3 Å². The van der Waals surface area contributed by atoms with Crippen LogP contribution in [0.15, 0.2) is 73.2 Å². The fraction of sp³-hybridized carbons (Fsp3) is 0.233. The van der Waals surface area contributed by atoms with Gasteiger partial charge in [-0.2, -0.15) is 0 Å². The summed E-state index contributed by atoms with van der Waals surface area (Å²) in [5.41, 5.74) is 3.41. The van der Waals surface area contributed by atoms with Crippen LogP contribution in [-0.2, 0) is 11.3 Å². The van der Waals surface area contributed by atoms with E-state index in [0.29, 0.717) is 37.1 Å². The number of fused-ring (bicyclic) bond motifs is 1. The molecule has 4 aromatic heterocycles. The van der Waals surface area contributed by atoms with Crippen molar-refractivity contribution in [3.63, 3.8) is 0 Å². The van der Waals surface area contributed by atoms with Crippen molar-refractivity contribution in [2.24, 2.45) is 0 Å². The lowest BCUT2D eigenvalue weighted by molar-refractivity contribution is -0.127. The maximum absolute atomic E-state index is 15.2. The van der Waals surface area contributed by atoms with E-state index in [0.717, 1.165) is 39.9 Å². The van der Waals surface area contributed by atoms with Crippen molar-refractivity contribution in [3.05, 3.63) is 95.8 Å². The molecular formula is C30H28FN7O2S. The highest BCUT2D eigenvalue weighted by molar-refractivity contribution is 7.17. The zero-order valence-electron chi connectivity index (χ0n) is 22.5. The summed E-state index contributed by atoms with van der Waals surface area (Å²) in [4.78, 5) is 27.9. The van der Waals surface area contributed by atoms with Gasteiger partial charge in [0.05, 0.1) is 23.3 Å². The lowest BCUT2D eigenvalue weighted by atomic mass is 9.89. The van der Waals surface area contributed by atoms with E-state index in [1.165, 1.54) is 18.5 Å². The molecule has 0 bridgehead atoms. The summed E-state index contributed by atoms with van der Waals surface area (Å²) in [7, 11) is 0. The number of benzene rings is 1. The largest absolute Gasteiger partial charge is 0.437 e. The minimum absolute atomic E-state index is 0.0416. The van der Waals surface area contributed by atoms with Gasteiger partial charge < -0.3 is 15.0 Å². The molecule has 5 aromatic rings. The van der Waals surface area contributed by atoms with E-state index < -0.39 is 5.82 Å². The molecule has 0 unspecified atom stereocenters. The number of nitrogens with zero attached hydrogens (tertiary/aromatic N) is 6. The molecule has 5 heterocycles. The van der Waals surface area contributed by atoms with Crippen LogP contribution in [-0.4, -0.2) is 48.6 Å². The van der Waals surface area contributed by atoms with E-state index in [-0.39, 0.29) is 17.5 Å². The van der Waals surface area contributed by atoms with E-state index in [1.807, 2.05) is 24.0 Å². The molecule has 0 radical (unpaired) electrons. The van der Waals surface area contributed by atoms with Gasteiger partial charge in [0.1, 0.15) is 28.5 Å². The minimum atomic E-state index is -0.481. The number of anilines is 2. The molecule has 1 fully saturated rings. The third kappa shape index (κ3) is 5.80. The first-order chi connectivity index (χ1) is 20.0. The van der Waals surface area contributed by atoms with E-state index in [4.69, 9.17) is 4.74 Å².